The van der Waals surface area contributed by atoms with Crippen molar-refractivity contribution >= 4 is 17.5 Å². The summed E-state index contributed by atoms with van der Waals surface area (Å²) in [4.78, 5) is 11.6. The lowest BCUT2D eigenvalue weighted by molar-refractivity contribution is 0.402. The number of aromatic nitrogens is 2. The molecule has 0 unspecified atom stereocenters. The molecule has 1 fully saturated rings. The van der Waals surface area contributed by atoms with E-state index < -0.39 is 0 Å². The normalized spacial score (nSPS) is 14.4. The van der Waals surface area contributed by atoms with Crippen molar-refractivity contribution in [3.63, 3.8) is 0 Å². The molecule has 1 saturated heterocycles. The van der Waals surface area contributed by atoms with E-state index in [0.29, 0.717) is 11.5 Å². The van der Waals surface area contributed by atoms with Gasteiger partial charge in [0.25, 0.3) is 0 Å². The SMILES string of the molecule is Cc1cc(N2CCC(Cc3ccccc3)CC2)nc(Nc2cccc(C#N)c2)n1. The van der Waals surface area contributed by atoms with Gasteiger partial charge in [0.1, 0.15) is 5.82 Å². The predicted molar refractivity (Wildman–Crippen MR) is 116 cm³/mol. The summed E-state index contributed by atoms with van der Waals surface area (Å²) in [6.45, 7) is 4.01. The minimum Gasteiger partial charge on any atom is -0.356 e. The molecule has 0 spiro atoms. The minimum atomic E-state index is 0.571. The molecule has 29 heavy (non-hydrogen) atoms. The first kappa shape index (κ1) is 18.9. The molecule has 4 rings (SSSR count). The Morgan fingerprint density at radius 2 is 1.83 bits per heavy atom. The first-order valence-electron chi connectivity index (χ1n) is 10.1. The van der Waals surface area contributed by atoms with Crippen LogP contribution in [-0.4, -0.2) is 23.1 Å². The molecule has 1 aliphatic rings. The van der Waals surface area contributed by atoms with Crippen molar-refractivity contribution in [3.05, 3.63) is 77.5 Å². The highest BCUT2D eigenvalue weighted by Gasteiger charge is 2.21. The minimum absolute atomic E-state index is 0.571. The molecule has 0 bridgehead atoms. The zero-order valence-electron chi connectivity index (χ0n) is 16.7. The van der Waals surface area contributed by atoms with Gasteiger partial charge in [0.15, 0.2) is 0 Å². The van der Waals surface area contributed by atoms with E-state index in [9.17, 15) is 0 Å². The Kier molecular flexibility index (Phi) is 5.71. The first-order chi connectivity index (χ1) is 14.2. The van der Waals surface area contributed by atoms with E-state index in [1.54, 1.807) is 12.1 Å². The lowest BCUT2D eigenvalue weighted by Crippen LogP contribution is -2.35. The van der Waals surface area contributed by atoms with Crippen LogP contribution in [0.5, 0.6) is 0 Å². The third-order valence-electron chi connectivity index (χ3n) is 5.39. The zero-order chi connectivity index (χ0) is 20.1. The summed E-state index contributed by atoms with van der Waals surface area (Å²) in [5.74, 6) is 2.26. The van der Waals surface area contributed by atoms with Crippen LogP contribution in [0.4, 0.5) is 17.5 Å². The largest absolute Gasteiger partial charge is 0.356 e. The number of piperidine rings is 1. The van der Waals surface area contributed by atoms with Crippen LogP contribution in [-0.2, 0) is 6.42 Å². The maximum atomic E-state index is 9.09. The molecule has 1 aliphatic heterocycles. The van der Waals surface area contributed by atoms with E-state index in [1.807, 2.05) is 19.1 Å². The fourth-order valence-electron chi connectivity index (χ4n) is 3.88. The van der Waals surface area contributed by atoms with Gasteiger partial charge in [-0.1, -0.05) is 36.4 Å². The predicted octanol–water partition coefficient (Wildman–Crippen LogP) is 4.86. The highest BCUT2D eigenvalue weighted by atomic mass is 15.2. The van der Waals surface area contributed by atoms with Crippen molar-refractivity contribution in [2.45, 2.75) is 26.2 Å². The van der Waals surface area contributed by atoms with Gasteiger partial charge in [0.05, 0.1) is 11.6 Å². The first-order valence-corrected chi connectivity index (χ1v) is 10.1. The van der Waals surface area contributed by atoms with Crippen LogP contribution in [0.2, 0.25) is 0 Å². The topological polar surface area (TPSA) is 64.8 Å². The van der Waals surface area contributed by atoms with Crippen molar-refractivity contribution in [1.82, 2.24) is 9.97 Å². The maximum Gasteiger partial charge on any atom is 0.229 e. The number of nitrogens with zero attached hydrogens (tertiary/aromatic N) is 4. The van der Waals surface area contributed by atoms with Crippen molar-refractivity contribution in [3.8, 4) is 6.07 Å². The number of rotatable bonds is 5. The van der Waals surface area contributed by atoms with E-state index in [0.717, 1.165) is 42.6 Å². The molecular weight excluding hydrogens is 358 g/mol. The molecule has 0 radical (unpaired) electrons. The van der Waals surface area contributed by atoms with Crippen LogP contribution in [0.1, 0.15) is 29.7 Å². The van der Waals surface area contributed by atoms with E-state index in [2.05, 4.69) is 57.7 Å². The van der Waals surface area contributed by atoms with Crippen LogP contribution >= 0.6 is 0 Å². The molecule has 0 amide bonds. The van der Waals surface area contributed by atoms with Gasteiger partial charge in [-0.2, -0.15) is 10.2 Å². The van der Waals surface area contributed by atoms with Gasteiger partial charge >= 0.3 is 0 Å². The summed E-state index contributed by atoms with van der Waals surface area (Å²) in [5, 5.41) is 12.3. The molecule has 5 nitrogen and oxygen atoms in total. The lowest BCUT2D eigenvalue weighted by atomic mass is 9.90. The number of hydrogen-bond acceptors (Lipinski definition) is 5. The quantitative estimate of drug-likeness (QED) is 0.682. The van der Waals surface area contributed by atoms with Crippen molar-refractivity contribution in [2.75, 3.05) is 23.3 Å². The Morgan fingerprint density at radius 3 is 2.59 bits per heavy atom. The molecule has 2 aromatic carbocycles. The van der Waals surface area contributed by atoms with Gasteiger partial charge in [0, 0.05) is 30.5 Å². The Labute approximate surface area is 172 Å². The number of hydrogen-bond donors (Lipinski definition) is 1. The summed E-state index contributed by atoms with van der Waals surface area (Å²) in [7, 11) is 0. The molecule has 0 saturated carbocycles. The Balaban J connectivity index is 1.42. The van der Waals surface area contributed by atoms with E-state index in [1.165, 1.54) is 18.4 Å². The summed E-state index contributed by atoms with van der Waals surface area (Å²) < 4.78 is 0. The lowest BCUT2D eigenvalue weighted by Gasteiger charge is -2.33. The van der Waals surface area contributed by atoms with Crippen molar-refractivity contribution in [1.29, 1.82) is 5.26 Å². The Morgan fingerprint density at radius 1 is 1.03 bits per heavy atom. The third kappa shape index (κ3) is 4.91. The van der Waals surface area contributed by atoms with Crippen LogP contribution in [0, 0.1) is 24.2 Å². The maximum absolute atomic E-state index is 9.09. The molecule has 146 valence electrons. The molecule has 0 atom stereocenters. The second-order valence-corrected chi connectivity index (χ2v) is 7.63. The number of anilines is 3. The van der Waals surface area contributed by atoms with E-state index in [4.69, 9.17) is 10.2 Å². The second-order valence-electron chi connectivity index (χ2n) is 7.63. The average Bonchev–Trinajstić information content (AvgIpc) is 2.75. The summed E-state index contributed by atoms with van der Waals surface area (Å²) >= 11 is 0. The van der Waals surface area contributed by atoms with Crippen molar-refractivity contribution < 1.29 is 0 Å². The molecule has 0 aliphatic carbocycles. The van der Waals surface area contributed by atoms with Crippen molar-refractivity contribution in [2.24, 2.45) is 5.92 Å². The number of aryl methyl sites for hydroxylation is 1. The average molecular weight is 383 g/mol. The highest BCUT2D eigenvalue weighted by molar-refractivity contribution is 5.58. The van der Waals surface area contributed by atoms with Gasteiger partial charge in [-0.05, 0) is 55.9 Å². The summed E-state index contributed by atoms with van der Waals surface area (Å²) in [6, 6.07) is 22.3. The van der Waals surface area contributed by atoms with Crippen LogP contribution in [0.3, 0.4) is 0 Å². The summed E-state index contributed by atoms with van der Waals surface area (Å²) in [6.07, 6.45) is 3.50. The number of benzene rings is 2. The molecular formula is C24H25N5. The Bertz CT molecular complexity index is 1000. The summed E-state index contributed by atoms with van der Waals surface area (Å²) in [5.41, 5.74) is 3.79. The van der Waals surface area contributed by atoms with Crippen LogP contribution in [0.15, 0.2) is 60.7 Å². The van der Waals surface area contributed by atoms with Gasteiger partial charge in [0.2, 0.25) is 5.95 Å². The molecule has 1 N–H and O–H groups in total. The van der Waals surface area contributed by atoms with Gasteiger partial charge in [-0.3, -0.25) is 0 Å². The molecule has 5 heteroatoms. The standard InChI is InChI=1S/C24H25N5/c1-18-14-23(28-24(26-18)27-22-9-5-8-21(16-22)17-25)29-12-10-20(11-13-29)15-19-6-3-2-4-7-19/h2-9,14,16,20H,10-13,15H2,1H3,(H,26,27,28). The smallest absolute Gasteiger partial charge is 0.229 e. The number of nitriles is 1. The number of nitrogens with one attached hydrogen (secondary N) is 1. The van der Waals surface area contributed by atoms with Gasteiger partial charge < -0.3 is 10.2 Å². The van der Waals surface area contributed by atoms with E-state index in [-0.39, 0.29) is 0 Å². The monoisotopic (exact) mass is 383 g/mol. The molecule has 1 aromatic heterocycles. The van der Waals surface area contributed by atoms with E-state index >= 15 is 0 Å². The van der Waals surface area contributed by atoms with Crippen LogP contribution < -0.4 is 10.2 Å². The van der Waals surface area contributed by atoms with Gasteiger partial charge in [-0.15, -0.1) is 0 Å². The molecule has 2 heterocycles. The molecule has 3 aromatic rings. The zero-order valence-corrected chi connectivity index (χ0v) is 16.7. The van der Waals surface area contributed by atoms with Gasteiger partial charge in [-0.25, -0.2) is 4.98 Å². The highest BCUT2D eigenvalue weighted by Crippen LogP contribution is 2.26. The fraction of sp³-hybridized carbons (Fsp3) is 0.292. The fourth-order valence-corrected chi connectivity index (χ4v) is 3.88. The second kappa shape index (κ2) is 8.74. The third-order valence-corrected chi connectivity index (χ3v) is 5.39. The van der Waals surface area contributed by atoms with Crippen LogP contribution in [0.25, 0.3) is 0 Å². The Hall–Kier alpha value is -3.39.